The van der Waals surface area contributed by atoms with E-state index in [4.69, 9.17) is 21.9 Å². The predicted octanol–water partition coefficient (Wildman–Crippen LogP) is 3.34. The lowest BCUT2D eigenvalue weighted by Gasteiger charge is -2.37. The highest BCUT2D eigenvalue weighted by molar-refractivity contribution is 5.97. The number of carbonyl (C=O) groups excluding carboxylic acids is 1. The molecule has 1 aromatic heterocycles. The summed E-state index contributed by atoms with van der Waals surface area (Å²) >= 11 is 0. The minimum atomic E-state index is -5.02. The molecule has 0 saturated heterocycles. The van der Waals surface area contributed by atoms with Gasteiger partial charge in [-0.25, -0.2) is 9.37 Å². The zero-order chi connectivity index (χ0) is 24.7. The molecule has 0 bridgehead atoms. The topological polar surface area (TPSA) is 133 Å². The zero-order valence-corrected chi connectivity index (χ0v) is 17.3. The second-order valence-corrected chi connectivity index (χ2v) is 7.39. The average molecular weight is 474 g/mol. The van der Waals surface area contributed by atoms with Gasteiger partial charge in [0.2, 0.25) is 0 Å². The number of rotatable bonds is 5. The SMILES string of the molecule is NC(=O)C1(c2cccc(F)c2Oc2ccnc(N)c2N)N=CN(c2ccccc2)C1C(F)(F)F. The number of ether oxygens (including phenoxy) is 1. The fraction of sp³-hybridized carbons (Fsp3) is 0.136. The molecule has 4 rings (SSSR count). The molecule has 2 atom stereocenters. The van der Waals surface area contributed by atoms with Crippen LogP contribution in [0.3, 0.4) is 0 Å². The molecule has 176 valence electrons. The highest BCUT2D eigenvalue weighted by Gasteiger charge is 2.64. The number of hydrogen-bond donors (Lipinski definition) is 3. The second-order valence-electron chi connectivity index (χ2n) is 7.39. The number of aromatic nitrogens is 1. The van der Waals surface area contributed by atoms with Gasteiger partial charge in [0.1, 0.15) is 11.5 Å². The van der Waals surface area contributed by atoms with Crippen LogP contribution in [0.5, 0.6) is 11.5 Å². The van der Waals surface area contributed by atoms with Gasteiger partial charge >= 0.3 is 6.18 Å². The summed E-state index contributed by atoms with van der Waals surface area (Å²) in [6.07, 6.45) is -2.95. The van der Waals surface area contributed by atoms with E-state index in [1.807, 2.05) is 0 Å². The molecule has 8 nitrogen and oxygen atoms in total. The van der Waals surface area contributed by atoms with Crippen molar-refractivity contribution in [3.63, 3.8) is 0 Å². The maximum Gasteiger partial charge on any atom is 0.412 e. The van der Waals surface area contributed by atoms with Crippen molar-refractivity contribution in [1.82, 2.24) is 4.98 Å². The van der Waals surface area contributed by atoms with Crippen molar-refractivity contribution in [2.24, 2.45) is 10.7 Å². The van der Waals surface area contributed by atoms with Crippen molar-refractivity contribution in [2.75, 3.05) is 16.4 Å². The molecule has 1 aliphatic heterocycles. The molecule has 34 heavy (non-hydrogen) atoms. The van der Waals surface area contributed by atoms with Crippen LogP contribution in [-0.2, 0) is 10.3 Å². The Morgan fingerprint density at radius 2 is 1.76 bits per heavy atom. The van der Waals surface area contributed by atoms with Gasteiger partial charge in [0.05, 0.1) is 6.34 Å². The minimum Gasteiger partial charge on any atom is -0.452 e. The Balaban J connectivity index is 1.94. The lowest BCUT2D eigenvalue weighted by molar-refractivity contribution is -0.165. The molecule has 2 unspecified atom stereocenters. The summed E-state index contributed by atoms with van der Waals surface area (Å²) in [5.41, 5.74) is 13.6. The van der Waals surface area contributed by atoms with Crippen LogP contribution in [0.1, 0.15) is 5.56 Å². The first-order chi connectivity index (χ1) is 16.1. The summed E-state index contributed by atoms with van der Waals surface area (Å²) in [4.78, 5) is 21.2. The molecule has 0 aliphatic carbocycles. The Morgan fingerprint density at radius 3 is 2.41 bits per heavy atom. The normalized spacial score (nSPS) is 19.9. The van der Waals surface area contributed by atoms with E-state index in [0.29, 0.717) is 0 Å². The van der Waals surface area contributed by atoms with Gasteiger partial charge in [-0.15, -0.1) is 0 Å². The quantitative estimate of drug-likeness (QED) is 0.486. The number of pyridine rings is 1. The lowest BCUT2D eigenvalue weighted by Crippen LogP contribution is -2.59. The minimum absolute atomic E-state index is 0.0988. The van der Waals surface area contributed by atoms with E-state index < -0.39 is 40.8 Å². The number of nitrogens with two attached hydrogens (primary N) is 3. The van der Waals surface area contributed by atoms with Crippen LogP contribution in [0.2, 0.25) is 0 Å². The molecule has 1 amide bonds. The van der Waals surface area contributed by atoms with E-state index in [-0.39, 0.29) is 22.9 Å². The van der Waals surface area contributed by atoms with Crippen molar-refractivity contribution >= 4 is 29.4 Å². The van der Waals surface area contributed by atoms with Crippen molar-refractivity contribution in [3.8, 4) is 11.5 Å². The number of nitrogen functional groups attached to an aromatic ring is 2. The summed E-state index contributed by atoms with van der Waals surface area (Å²) in [6.45, 7) is 0. The molecular weight excluding hydrogens is 456 g/mol. The van der Waals surface area contributed by atoms with Gasteiger partial charge < -0.3 is 26.8 Å². The number of amides is 1. The van der Waals surface area contributed by atoms with Crippen LogP contribution < -0.4 is 26.8 Å². The number of para-hydroxylation sites is 2. The van der Waals surface area contributed by atoms with Crippen molar-refractivity contribution in [2.45, 2.75) is 17.8 Å². The van der Waals surface area contributed by atoms with Gasteiger partial charge in [0.15, 0.2) is 28.9 Å². The van der Waals surface area contributed by atoms with Gasteiger partial charge in [0.25, 0.3) is 5.91 Å². The number of carbonyl (C=O) groups is 1. The first-order valence-electron chi connectivity index (χ1n) is 9.79. The summed E-state index contributed by atoms with van der Waals surface area (Å²) in [7, 11) is 0. The van der Waals surface area contributed by atoms with E-state index in [2.05, 4.69) is 9.98 Å². The summed E-state index contributed by atoms with van der Waals surface area (Å²) < 4.78 is 64.1. The number of aliphatic imine (C=N–C) groups is 1. The van der Waals surface area contributed by atoms with Crippen LogP contribution in [-0.4, -0.2) is 29.4 Å². The number of benzene rings is 2. The fourth-order valence-electron chi connectivity index (χ4n) is 3.83. The monoisotopic (exact) mass is 474 g/mol. The molecule has 0 saturated carbocycles. The van der Waals surface area contributed by atoms with Crippen molar-refractivity contribution in [3.05, 3.63) is 72.2 Å². The standard InChI is InChI=1S/C22H18F4N6O2/c23-14-8-4-7-13(17(14)34-15-9-10-30-18(28)16(15)27)21(20(29)33)19(22(24,25)26)32(11-31-21)12-5-2-1-3-6-12/h1-11,19H,27H2,(H2,28,30)(H2,29,33). The molecule has 3 aromatic rings. The molecular formula is C22H18F4N6O2. The fourth-order valence-corrected chi connectivity index (χ4v) is 3.83. The third-order valence-corrected chi connectivity index (χ3v) is 5.37. The second kappa shape index (κ2) is 8.21. The predicted molar refractivity (Wildman–Crippen MR) is 118 cm³/mol. The van der Waals surface area contributed by atoms with Crippen LogP contribution in [0.4, 0.5) is 34.8 Å². The lowest BCUT2D eigenvalue weighted by atomic mass is 9.81. The van der Waals surface area contributed by atoms with E-state index in [0.717, 1.165) is 29.4 Å². The highest BCUT2D eigenvalue weighted by Crippen LogP contribution is 2.49. The Labute approximate surface area is 190 Å². The van der Waals surface area contributed by atoms with Gasteiger partial charge in [0, 0.05) is 23.5 Å². The third kappa shape index (κ3) is 3.62. The smallest absolute Gasteiger partial charge is 0.412 e. The molecule has 1 aliphatic rings. The Morgan fingerprint density at radius 1 is 1.06 bits per heavy atom. The molecule has 2 heterocycles. The van der Waals surface area contributed by atoms with E-state index in [9.17, 15) is 22.4 Å². The van der Waals surface area contributed by atoms with Crippen LogP contribution >= 0.6 is 0 Å². The maximum absolute atomic E-state index is 15.0. The van der Waals surface area contributed by atoms with Crippen LogP contribution in [0, 0.1) is 5.82 Å². The Bertz CT molecular complexity index is 1270. The molecule has 0 spiro atoms. The third-order valence-electron chi connectivity index (χ3n) is 5.37. The molecule has 6 N–H and O–H groups in total. The first kappa shape index (κ1) is 22.8. The number of primary amides is 1. The largest absolute Gasteiger partial charge is 0.452 e. The summed E-state index contributed by atoms with van der Waals surface area (Å²) in [5, 5.41) is 0. The van der Waals surface area contributed by atoms with E-state index >= 15 is 0 Å². The molecule has 0 fully saturated rings. The molecule has 12 heteroatoms. The van der Waals surface area contributed by atoms with Crippen LogP contribution in [0.25, 0.3) is 0 Å². The zero-order valence-electron chi connectivity index (χ0n) is 17.3. The van der Waals surface area contributed by atoms with Gasteiger partial charge in [-0.05, 0) is 18.2 Å². The van der Waals surface area contributed by atoms with Gasteiger partial charge in [-0.2, -0.15) is 13.2 Å². The summed E-state index contributed by atoms with van der Waals surface area (Å²) in [5.74, 6) is -3.55. The van der Waals surface area contributed by atoms with E-state index in [1.54, 1.807) is 6.07 Å². The number of alkyl halides is 3. The number of halogens is 4. The Hall–Kier alpha value is -4.35. The number of anilines is 3. The average Bonchev–Trinajstić information content (AvgIpc) is 3.21. The summed E-state index contributed by atoms with van der Waals surface area (Å²) in [6, 6.07) is 9.29. The highest BCUT2D eigenvalue weighted by atomic mass is 19.4. The maximum atomic E-state index is 15.0. The number of nitrogens with zero attached hydrogens (tertiary/aromatic N) is 3. The van der Waals surface area contributed by atoms with Gasteiger partial charge in [-0.3, -0.25) is 9.79 Å². The Kier molecular flexibility index (Phi) is 5.51. The molecule has 0 radical (unpaired) electrons. The van der Waals surface area contributed by atoms with E-state index in [1.165, 1.54) is 36.5 Å². The number of hydrogen-bond acceptors (Lipinski definition) is 7. The first-order valence-corrected chi connectivity index (χ1v) is 9.79. The van der Waals surface area contributed by atoms with Gasteiger partial charge in [-0.1, -0.05) is 30.3 Å². The molecule has 2 aromatic carbocycles. The van der Waals surface area contributed by atoms with Crippen LogP contribution in [0.15, 0.2) is 65.8 Å². The van der Waals surface area contributed by atoms with Crippen molar-refractivity contribution in [1.29, 1.82) is 0 Å². The van der Waals surface area contributed by atoms with Crippen molar-refractivity contribution < 1.29 is 27.1 Å².